The molecule has 9 heteroatoms. The van der Waals surface area contributed by atoms with Crippen molar-refractivity contribution in [1.82, 2.24) is 10.6 Å². The van der Waals surface area contributed by atoms with E-state index in [1.54, 1.807) is 12.1 Å². The highest BCUT2D eigenvalue weighted by molar-refractivity contribution is 14.1. The molecule has 1 fully saturated rings. The Kier molecular flexibility index (Phi) is 4.83. The van der Waals surface area contributed by atoms with Crippen molar-refractivity contribution in [2.75, 3.05) is 6.61 Å². The Bertz CT molecular complexity index is 674. The van der Waals surface area contributed by atoms with E-state index in [0.717, 1.165) is 3.57 Å². The zero-order valence-electron chi connectivity index (χ0n) is 10.3. The van der Waals surface area contributed by atoms with Crippen LogP contribution in [0, 0.1) is 3.57 Å². The SMILES string of the molecule is O=C(O)COc1c(Br)cc(I)cc1/C=C1\NC(=O)NC1=O. The summed E-state index contributed by atoms with van der Waals surface area (Å²) in [6.07, 6.45) is 1.42. The number of carboxylic acids is 1. The monoisotopic (exact) mass is 466 g/mol. The van der Waals surface area contributed by atoms with Gasteiger partial charge in [-0.1, -0.05) is 0 Å². The smallest absolute Gasteiger partial charge is 0.341 e. The van der Waals surface area contributed by atoms with Crippen molar-refractivity contribution in [3.8, 4) is 5.75 Å². The van der Waals surface area contributed by atoms with Crippen LogP contribution >= 0.6 is 38.5 Å². The number of imide groups is 1. The quantitative estimate of drug-likeness (QED) is 0.356. The second-order valence-electron chi connectivity index (χ2n) is 3.95. The molecule has 0 radical (unpaired) electrons. The minimum atomic E-state index is -1.12. The first-order valence-electron chi connectivity index (χ1n) is 5.54. The Morgan fingerprint density at radius 1 is 1.38 bits per heavy atom. The Balaban J connectivity index is 2.41. The highest BCUT2D eigenvalue weighted by Gasteiger charge is 2.23. The molecule has 21 heavy (non-hydrogen) atoms. The normalized spacial score (nSPS) is 15.8. The molecule has 0 atom stereocenters. The fourth-order valence-electron chi connectivity index (χ4n) is 1.61. The van der Waals surface area contributed by atoms with Crippen molar-refractivity contribution < 1.29 is 24.2 Å². The third-order valence-corrected chi connectivity index (χ3v) is 3.61. The van der Waals surface area contributed by atoms with Gasteiger partial charge in [-0.3, -0.25) is 10.1 Å². The molecule has 0 bridgehead atoms. The lowest BCUT2D eigenvalue weighted by molar-refractivity contribution is -0.139. The van der Waals surface area contributed by atoms with Gasteiger partial charge in [-0.2, -0.15) is 0 Å². The second kappa shape index (κ2) is 6.43. The molecule has 1 aliphatic rings. The highest BCUT2D eigenvalue weighted by Crippen LogP contribution is 2.33. The molecule has 3 N–H and O–H groups in total. The number of hydrogen-bond acceptors (Lipinski definition) is 4. The van der Waals surface area contributed by atoms with E-state index in [-0.39, 0.29) is 11.4 Å². The van der Waals surface area contributed by atoms with Crippen LogP contribution in [0.1, 0.15) is 5.56 Å². The maximum absolute atomic E-state index is 11.5. The molecule has 7 nitrogen and oxygen atoms in total. The largest absolute Gasteiger partial charge is 0.480 e. The first kappa shape index (κ1) is 15.8. The van der Waals surface area contributed by atoms with E-state index < -0.39 is 24.5 Å². The second-order valence-corrected chi connectivity index (χ2v) is 6.05. The van der Waals surface area contributed by atoms with Crippen molar-refractivity contribution in [2.45, 2.75) is 0 Å². The molecular formula is C12H8BrIN2O5. The van der Waals surface area contributed by atoms with E-state index in [2.05, 4.69) is 49.2 Å². The molecule has 1 aromatic carbocycles. The van der Waals surface area contributed by atoms with Crippen LogP contribution in [-0.2, 0) is 9.59 Å². The van der Waals surface area contributed by atoms with Crippen molar-refractivity contribution in [1.29, 1.82) is 0 Å². The molecular weight excluding hydrogens is 459 g/mol. The van der Waals surface area contributed by atoms with E-state index in [4.69, 9.17) is 9.84 Å². The predicted octanol–water partition coefficient (Wildman–Crippen LogP) is 1.70. The van der Waals surface area contributed by atoms with E-state index in [1.165, 1.54) is 6.08 Å². The van der Waals surface area contributed by atoms with Crippen molar-refractivity contribution in [2.24, 2.45) is 0 Å². The number of carbonyl (C=O) groups is 3. The molecule has 3 amide bonds. The summed E-state index contributed by atoms with van der Waals surface area (Å²) in [5, 5.41) is 13.1. The molecule has 1 aliphatic heterocycles. The minimum absolute atomic E-state index is 0.0640. The summed E-state index contributed by atoms with van der Waals surface area (Å²) in [4.78, 5) is 33.2. The van der Waals surface area contributed by atoms with Crippen LogP contribution in [0.2, 0.25) is 0 Å². The van der Waals surface area contributed by atoms with Crippen LogP contribution in [0.4, 0.5) is 4.79 Å². The molecule has 0 aliphatic carbocycles. The first-order chi connectivity index (χ1) is 9.86. The van der Waals surface area contributed by atoms with Crippen LogP contribution in [0.5, 0.6) is 5.75 Å². The van der Waals surface area contributed by atoms with Gasteiger partial charge in [0.1, 0.15) is 11.4 Å². The lowest BCUT2D eigenvalue weighted by Gasteiger charge is -2.11. The van der Waals surface area contributed by atoms with Crippen molar-refractivity contribution in [3.05, 3.63) is 31.4 Å². The summed E-state index contributed by atoms with van der Waals surface area (Å²) in [6, 6.07) is 2.84. The summed E-state index contributed by atoms with van der Waals surface area (Å²) in [5.74, 6) is -1.40. The number of urea groups is 1. The fourth-order valence-corrected chi connectivity index (χ4v) is 3.28. The standard InChI is InChI=1S/C12H8BrIN2O5/c13-7-3-6(14)1-5(10(7)21-4-9(17)18)2-8-11(19)16-12(20)15-8/h1-3H,4H2,(H,17,18)(H2,15,16,19,20)/b8-2-. The summed E-state index contributed by atoms with van der Waals surface area (Å²) in [6.45, 7) is -0.520. The summed E-state index contributed by atoms with van der Waals surface area (Å²) in [7, 11) is 0. The van der Waals surface area contributed by atoms with Crippen LogP contribution < -0.4 is 15.4 Å². The average Bonchev–Trinajstić information content (AvgIpc) is 2.66. The first-order valence-corrected chi connectivity index (χ1v) is 7.41. The van der Waals surface area contributed by atoms with E-state index in [9.17, 15) is 14.4 Å². The van der Waals surface area contributed by atoms with Gasteiger partial charge in [-0.15, -0.1) is 0 Å². The number of ether oxygens (including phenoxy) is 1. The van der Waals surface area contributed by atoms with E-state index in [0.29, 0.717) is 10.0 Å². The van der Waals surface area contributed by atoms with E-state index in [1.807, 2.05) is 0 Å². The van der Waals surface area contributed by atoms with E-state index >= 15 is 0 Å². The molecule has 0 aromatic heterocycles. The molecule has 2 rings (SSSR count). The highest BCUT2D eigenvalue weighted by atomic mass is 127. The molecule has 1 aromatic rings. The average molecular weight is 467 g/mol. The lowest BCUT2D eigenvalue weighted by atomic mass is 10.1. The molecule has 0 saturated carbocycles. The van der Waals surface area contributed by atoms with Gasteiger partial charge in [0.25, 0.3) is 5.91 Å². The van der Waals surface area contributed by atoms with Gasteiger partial charge in [0, 0.05) is 9.13 Å². The zero-order chi connectivity index (χ0) is 15.6. The summed E-state index contributed by atoms with van der Waals surface area (Å²) < 4.78 is 6.61. The van der Waals surface area contributed by atoms with Gasteiger partial charge in [0.2, 0.25) is 0 Å². The number of carboxylic acid groups (broad SMARTS) is 1. The zero-order valence-corrected chi connectivity index (χ0v) is 14.0. The number of amides is 3. The topological polar surface area (TPSA) is 105 Å². The molecule has 0 unspecified atom stereocenters. The fraction of sp³-hybridized carbons (Fsp3) is 0.0833. The predicted molar refractivity (Wildman–Crippen MR) is 84.6 cm³/mol. The van der Waals surface area contributed by atoms with Crippen LogP contribution in [0.25, 0.3) is 6.08 Å². The maximum Gasteiger partial charge on any atom is 0.341 e. The Labute approximate surface area is 141 Å². The van der Waals surface area contributed by atoms with Gasteiger partial charge in [0.05, 0.1) is 4.47 Å². The number of carbonyl (C=O) groups excluding carboxylic acids is 2. The van der Waals surface area contributed by atoms with Gasteiger partial charge in [-0.25, -0.2) is 9.59 Å². The summed E-state index contributed by atoms with van der Waals surface area (Å²) >= 11 is 5.35. The van der Waals surface area contributed by atoms with Gasteiger partial charge in [0.15, 0.2) is 6.61 Å². The molecule has 1 saturated heterocycles. The maximum atomic E-state index is 11.5. The molecule has 0 spiro atoms. The van der Waals surface area contributed by atoms with Crippen molar-refractivity contribution >= 4 is 62.5 Å². The Morgan fingerprint density at radius 3 is 2.67 bits per heavy atom. The Hall–Kier alpha value is -1.62. The number of halogens is 2. The minimum Gasteiger partial charge on any atom is -0.480 e. The van der Waals surface area contributed by atoms with Crippen LogP contribution in [0.3, 0.4) is 0 Å². The summed E-state index contributed by atoms with van der Waals surface area (Å²) in [5.41, 5.74) is 0.538. The number of nitrogens with one attached hydrogen (secondary N) is 2. The van der Waals surface area contributed by atoms with Gasteiger partial charge < -0.3 is 15.2 Å². The van der Waals surface area contributed by atoms with Gasteiger partial charge in [-0.05, 0) is 56.7 Å². The third kappa shape index (κ3) is 3.94. The van der Waals surface area contributed by atoms with Crippen LogP contribution in [0.15, 0.2) is 22.3 Å². The molecule has 110 valence electrons. The van der Waals surface area contributed by atoms with Gasteiger partial charge >= 0.3 is 12.0 Å². The number of benzene rings is 1. The van der Waals surface area contributed by atoms with Crippen LogP contribution in [-0.4, -0.2) is 29.6 Å². The number of hydrogen-bond donors (Lipinski definition) is 3. The molecule has 1 heterocycles. The third-order valence-electron chi connectivity index (χ3n) is 2.40. The number of rotatable bonds is 4. The number of aliphatic carboxylic acids is 1. The van der Waals surface area contributed by atoms with Crippen molar-refractivity contribution in [3.63, 3.8) is 0 Å². The lowest BCUT2D eigenvalue weighted by Crippen LogP contribution is -2.22. The Morgan fingerprint density at radius 2 is 2.10 bits per heavy atom.